The van der Waals surface area contributed by atoms with E-state index in [2.05, 4.69) is 5.32 Å². The van der Waals surface area contributed by atoms with Crippen molar-refractivity contribution < 1.29 is 14.6 Å². The first kappa shape index (κ1) is 16.0. The molecule has 0 bridgehead atoms. The highest BCUT2D eigenvalue weighted by molar-refractivity contribution is 5.93. The lowest BCUT2D eigenvalue weighted by Crippen LogP contribution is -2.17. The lowest BCUT2D eigenvalue weighted by Gasteiger charge is -2.10. The Bertz CT molecular complexity index is 605. The van der Waals surface area contributed by atoms with Crippen LogP contribution in [0.4, 0.5) is 0 Å². The molecule has 4 heteroatoms. The van der Waals surface area contributed by atoms with Crippen LogP contribution < -0.4 is 10.1 Å². The summed E-state index contributed by atoms with van der Waals surface area (Å²) in [6, 6.07) is 14.8. The molecule has 0 aliphatic carbocycles. The number of carbonyl (C=O) groups excluding carboxylic acids is 1. The molecule has 0 saturated heterocycles. The van der Waals surface area contributed by atoms with Gasteiger partial charge in [0.1, 0.15) is 12.4 Å². The minimum Gasteiger partial charge on any atom is -0.489 e. The number of nitrogens with one attached hydrogen (secondary N) is 1. The zero-order valence-electron chi connectivity index (χ0n) is 12.9. The summed E-state index contributed by atoms with van der Waals surface area (Å²) >= 11 is 0. The number of rotatable bonds is 6. The Hall–Kier alpha value is -2.33. The average molecular weight is 299 g/mol. The zero-order valence-corrected chi connectivity index (χ0v) is 12.9. The van der Waals surface area contributed by atoms with Crippen LogP contribution in [0.25, 0.3) is 0 Å². The molecule has 0 fully saturated rings. The number of ether oxygens (including phenoxy) is 1. The Morgan fingerprint density at radius 2 is 1.77 bits per heavy atom. The number of hydrogen-bond donors (Lipinski definition) is 2. The number of hydrogen-bond acceptors (Lipinski definition) is 3. The van der Waals surface area contributed by atoms with Crippen LogP contribution in [0.3, 0.4) is 0 Å². The quantitative estimate of drug-likeness (QED) is 0.862. The van der Waals surface area contributed by atoms with Gasteiger partial charge in [0, 0.05) is 12.6 Å². The Morgan fingerprint density at radius 1 is 1.14 bits per heavy atom. The molecular weight excluding hydrogens is 278 g/mol. The fourth-order valence-corrected chi connectivity index (χ4v) is 2.09. The second kappa shape index (κ2) is 7.61. The van der Waals surface area contributed by atoms with Crippen LogP contribution in [-0.4, -0.2) is 18.1 Å². The molecule has 2 N–H and O–H groups in total. The van der Waals surface area contributed by atoms with E-state index >= 15 is 0 Å². The molecule has 0 aromatic heterocycles. The summed E-state index contributed by atoms with van der Waals surface area (Å²) in [5.74, 6) is 0.653. The van der Waals surface area contributed by atoms with Gasteiger partial charge in [-0.15, -0.1) is 0 Å². The van der Waals surface area contributed by atoms with Crippen LogP contribution in [0, 0.1) is 0 Å². The van der Waals surface area contributed by atoms with Crippen LogP contribution in [0.1, 0.15) is 40.9 Å². The third kappa shape index (κ3) is 4.09. The molecule has 22 heavy (non-hydrogen) atoms. The van der Waals surface area contributed by atoms with Gasteiger partial charge in [0.15, 0.2) is 0 Å². The fourth-order valence-electron chi connectivity index (χ4n) is 2.09. The third-order valence-corrected chi connectivity index (χ3v) is 3.50. The first-order valence-corrected chi connectivity index (χ1v) is 7.36. The molecule has 2 rings (SSSR count). The van der Waals surface area contributed by atoms with Crippen molar-refractivity contribution in [3.05, 3.63) is 65.2 Å². The van der Waals surface area contributed by atoms with Crippen molar-refractivity contribution in [3.8, 4) is 5.75 Å². The molecule has 116 valence electrons. The Balaban J connectivity index is 1.94. The maximum Gasteiger partial charge on any atom is 0.251 e. The number of aliphatic hydroxyl groups excluding tert-OH is 1. The summed E-state index contributed by atoms with van der Waals surface area (Å²) in [5, 5.41) is 12.3. The molecule has 0 heterocycles. The van der Waals surface area contributed by atoms with Crippen molar-refractivity contribution >= 4 is 5.91 Å². The largest absolute Gasteiger partial charge is 0.489 e. The highest BCUT2D eigenvalue weighted by Gasteiger charge is 2.05. The molecule has 0 unspecified atom stereocenters. The predicted octanol–water partition coefficient (Wildman–Crippen LogP) is 3.07. The highest BCUT2D eigenvalue weighted by atomic mass is 16.5. The lowest BCUT2D eigenvalue weighted by molar-refractivity contribution is 0.0963. The molecule has 2 aromatic carbocycles. The van der Waals surface area contributed by atoms with Gasteiger partial charge in [0.25, 0.3) is 5.91 Å². The van der Waals surface area contributed by atoms with E-state index < -0.39 is 6.10 Å². The molecular formula is C18H21NO3. The number of aliphatic hydroxyl groups is 1. The first-order chi connectivity index (χ1) is 10.6. The Kier molecular flexibility index (Phi) is 5.55. The van der Waals surface area contributed by atoms with Crippen molar-refractivity contribution in [2.24, 2.45) is 0 Å². The van der Waals surface area contributed by atoms with E-state index in [1.54, 1.807) is 19.2 Å². The van der Waals surface area contributed by atoms with Crippen LogP contribution >= 0.6 is 0 Å². The maximum absolute atomic E-state index is 11.5. The minimum atomic E-state index is -0.425. The molecule has 4 nitrogen and oxygen atoms in total. The van der Waals surface area contributed by atoms with Gasteiger partial charge in [-0.3, -0.25) is 4.79 Å². The standard InChI is InChI=1S/C18H21NO3/c1-3-17(20)14-8-10-16(11-9-14)22-12-13-4-6-15(7-5-13)18(21)19-2/h4-11,17,20H,3,12H2,1-2H3,(H,19,21)/t17-/m0/s1. The minimum absolute atomic E-state index is 0.0995. The molecule has 2 aromatic rings. The van der Waals surface area contributed by atoms with Gasteiger partial charge in [-0.2, -0.15) is 0 Å². The van der Waals surface area contributed by atoms with Gasteiger partial charge in [-0.25, -0.2) is 0 Å². The fraction of sp³-hybridized carbons (Fsp3) is 0.278. The summed E-state index contributed by atoms with van der Waals surface area (Å²) < 4.78 is 5.70. The second-order valence-electron chi connectivity index (χ2n) is 5.06. The molecule has 0 aliphatic heterocycles. The summed E-state index contributed by atoms with van der Waals surface area (Å²) in [5.41, 5.74) is 2.51. The van der Waals surface area contributed by atoms with Gasteiger partial charge in [0.05, 0.1) is 6.10 Å². The number of carbonyl (C=O) groups is 1. The molecule has 0 saturated carbocycles. The summed E-state index contributed by atoms with van der Waals surface area (Å²) in [6.45, 7) is 2.38. The smallest absolute Gasteiger partial charge is 0.251 e. The first-order valence-electron chi connectivity index (χ1n) is 7.36. The lowest BCUT2D eigenvalue weighted by atomic mass is 10.1. The van der Waals surface area contributed by atoms with E-state index in [4.69, 9.17) is 4.74 Å². The van der Waals surface area contributed by atoms with Crippen LogP contribution in [0.2, 0.25) is 0 Å². The topological polar surface area (TPSA) is 58.6 Å². The third-order valence-electron chi connectivity index (χ3n) is 3.50. The van der Waals surface area contributed by atoms with Crippen molar-refractivity contribution in [2.45, 2.75) is 26.1 Å². The van der Waals surface area contributed by atoms with E-state index in [9.17, 15) is 9.90 Å². The maximum atomic E-state index is 11.5. The van der Waals surface area contributed by atoms with Gasteiger partial charge in [-0.05, 0) is 41.8 Å². The second-order valence-corrected chi connectivity index (χ2v) is 5.06. The van der Waals surface area contributed by atoms with Crippen molar-refractivity contribution in [3.63, 3.8) is 0 Å². The zero-order chi connectivity index (χ0) is 15.9. The van der Waals surface area contributed by atoms with Crippen molar-refractivity contribution in [2.75, 3.05) is 7.05 Å². The predicted molar refractivity (Wildman–Crippen MR) is 85.9 cm³/mol. The van der Waals surface area contributed by atoms with Crippen molar-refractivity contribution in [1.82, 2.24) is 5.32 Å². The highest BCUT2D eigenvalue weighted by Crippen LogP contribution is 2.20. The molecule has 1 atom stereocenters. The average Bonchev–Trinajstić information content (AvgIpc) is 2.59. The van der Waals surface area contributed by atoms with E-state index in [-0.39, 0.29) is 5.91 Å². The Morgan fingerprint density at radius 3 is 2.32 bits per heavy atom. The van der Waals surface area contributed by atoms with Crippen LogP contribution in [0.15, 0.2) is 48.5 Å². The summed E-state index contributed by atoms with van der Waals surface area (Å²) in [6.07, 6.45) is 0.268. The van der Waals surface area contributed by atoms with Gasteiger partial charge < -0.3 is 15.2 Å². The monoisotopic (exact) mass is 299 g/mol. The number of amides is 1. The molecule has 0 aliphatic rings. The van der Waals surface area contributed by atoms with E-state index in [1.807, 2.05) is 43.3 Å². The van der Waals surface area contributed by atoms with Gasteiger partial charge in [-0.1, -0.05) is 31.2 Å². The van der Waals surface area contributed by atoms with E-state index in [0.29, 0.717) is 18.6 Å². The SMILES string of the molecule is CC[C@H](O)c1ccc(OCc2ccc(C(=O)NC)cc2)cc1. The van der Waals surface area contributed by atoms with Gasteiger partial charge >= 0.3 is 0 Å². The normalized spacial score (nSPS) is 11.8. The van der Waals surface area contributed by atoms with Crippen molar-refractivity contribution in [1.29, 1.82) is 0 Å². The molecule has 0 radical (unpaired) electrons. The summed E-state index contributed by atoms with van der Waals surface area (Å²) in [4.78, 5) is 11.5. The van der Waals surface area contributed by atoms with Gasteiger partial charge in [0.2, 0.25) is 0 Å². The van der Waals surface area contributed by atoms with Crippen LogP contribution in [0.5, 0.6) is 5.75 Å². The van der Waals surface area contributed by atoms with E-state index in [1.165, 1.54) is 0 Å². The Labute approximate surface area is 130 Å². The van der Waals surface area contributed by atoms with E-state index in [0.717, 1.165) is 16.9 Å². The molecule has 0 spiro atoms. The number of benzene rings is 2. The molecule has 1 amide bonds. The van der Waals surface area contributed by atoms with Crippen LogP contribution in [-0.2, 0) is 6.61 Å². The summed E-state index contributed by atoms with van der Waals surface area (Å²) in [7, 11) is 1.61.